The lowest BCUT2D eigenvalue weighted by molar-refractivity contribution is -0.109. The van der Waals surface area contributed by atoms with E-state index in [-0.39, 0.29) is 10.7 Å². The molecule has 0 aliphatic heterocycles. The summed E-state index contributed by atoms with van der Waals surface area (Å²) in [6.07, 6.45) is 1.01. The number of rotatable bonds is 4. The molecule has 18 heavy (non-hydrogen) atoms. The van der Waals surface area contributed by atoms with Crippen LogP contribution in [0.1, 0.15) is 27.4 Å². The van der Waals surface area contributed by atoms with Gasteiger partial charge in [0, 0.05) is 0 Å². The number of aryl methyl sites for hydroxylation is 1. The van der Waals surface area contributed by atoms with Gasteiger partial charge in [-0.25, -0.2) is 0 Å². The summed E-state index contributed by atoms with van der Waals surface area (Å²) in [5.41, 5.74) is 3.37. The van der Waals surface area contributed by atoms with E-state index in [9.17, 15) is 4.79 Å². The first-order valence-corrected chi connectivity index (χ1v) is 6.85. The minimum Gasteiger partial charge on any atom is -0.303 e. The van der Waals surface area contributed by atoms with Crippen LogP contribution in [0.25, 0.3) is 0 Å². The van der Waals surface area contributed by atoms with Crippen molar-refractivity contribution in [3.05, 3.63) is 71.3 Å². The lowest BCUT2D eigenvalue weighted by Gasteiger charge is -2.18. The number of carbonyl (C=O) groups excluding carboxylic acids is 1. The lowest BCUT2D eigenvalue weighted by atomic mass is 9.92. The second-order valence-corrected chi connectivity index (χ2v) is 5.37. The summed E-state index contributed by atoms with van der Waals surface area (Å²) in [5, 5.41) is 0. The normalized spacial score (nSPS) is 13.9. The van der Waals surface area contributed by atoms with Crippen LogP contribution in [0.4, 0.5) is 0 Å². The van der Waals surface area contributed by atoms with Crippen LogP contribution >= 0.6 is 15.9 Å². The number of alkyl halides is 1. The summed E-state index contributed by atoms with van der Waals surface area (Å²) in [7, 11) is 0. The third-order valence-electron chi connectivity index (χ3n) is 3.04. The maximum atomic E-state index is 11.4. The summed E-state index contributed by atoms with van der Waals surface area (Å²) < 4.78 is 0. The van der Waals surface area contributed by atoms with Crippen LogP contribution < -0.4 is 0 Å². The molecule has 0 aliphatic carbocycles. The zero-order chi connectivity index (χ0) is 13.0. The molecule has 0 N–H and O–H groups in total. The SMILES string of the molecule is Cc1ccc(C(C=O)C(Br)c2ccccc2)cc1. The highest BCUT2D eigenvalue weighted by Gasteiger charge is 2.21. The molecule has 0 bridgehead atoms. The van der Waals surface area contributed by atoms with Gasteiger partial charge in [-0.2, -0.15) is 0 Å². The van der Waals surface area contributed by atoms with E-state index >= 15 is 0 Å². The summed E-state index contributed by atoms with van der Waals surface area (Å²) in [6, 6.07) is 18.1. The number of hydrogen-bond acceptors (Lipinski definition) is 1. The Balaban J connectivity index is 2.29. The van der Waals surface area contributed by atoms with Gasteiger partial charge in [0.25, 0.3) is 0 Å². The number of aldehydes is 1. The number of benzene rings is 2. The monoisotopic (exact) mass is 302 g/mol. The standard InChI is InChI=1S/C16H15BrO/c1-12-7-9-13(10-8-12)15(11-18)16(17)14-5-3-2-4-6-14/h2-11,15-16H,1H3. The zero-order valence-electron chi connectivity index (χ0n) is 10.2. The second kappa shape index (κ2) is 5.96. The van der Waals surface area contributed by atoms with Gasteiger partial charge in [-0.15, -0.1) is 0 Å². The highest BCUT2D eigenvalue weighted by molar-refractivity contribution is 9.09. The van der Waals surface area contributed by atoms with E-state index in [1.807, 2.05) is 61.5 Å². The van der Waals surface area contributed by atoms with Gasteiger partial charge in [0.2, 0.25) is 0 Å². The predicted octanol–water partition coefficient (Wildman–Crippen LogP) is 4.41. The molecule has 92 valence electrons. The largest absolute Gasteiger partial charge is 0.303 e. The number of carbonyl (C=O) groups is 1. The molecule has 1 nitrogen and oxygen atoms in total. The second-order valence-electron chi connectivity index (χ2n) is 4.38. The Hall–Kier alpha value is -1.41. The van der Waals surface area contributed by atoms with Crippen LogP contribution in [0.3, 0.4) is 0 Å². The van der Waals surface area contributed by atoms with Gasteiger partial charge < -0.3 is 4.79 Å². The van der Waals surface area contributed by atoms with Gasteiger partial charge in [-0.3, -0.25) is 0 Å². The van der Waals surface area contributed by atoms with Crippen molar-refractivity contribution in [1.29, 1.82) is 0 Å². The van der Waals surface area contributed by atoms with E-state index in [1.165, 1.54) is 5.56 Å². The van der Waals surface area contributed by atoms with Crippen molar-refractivity contribution in [2.45, 2.75) is 17.7 Å². The quantitative estimate of drug-likeness (QED) is 0.604. The van der Waals surface area contributed by atoms with E-state index in [0.717, 1.165) is 17.4 Å². The molecule has 2 aromatic carbocycles. The maximum Gasteiger partial charge on any atom is 0.128 e. The van der Waals surface area contributed by atoms with Crippen molar-refractivity contribution in [3.8, 4) is 0 Å². The molecule has 0 aromatic heterocycles. The van der Waals surface area contributed by atoms with Gasteiger partial charge in [-0.1, -0.05) is 76.1 Å². The third kappa shape index (κ3) is 2.88. The molecule has 0 fully saturated rings. The Labute approximate surface area is 116 Å². The van der Waals surface area contributed by atoms with Crippen LogP contribution in [0.2, 0.25) is 0 Å². The highest BCUT2D eigenvalue weighted by Crippen LogP contribution is 2.36. The molecule has 2 rings (SSSR count). The van der Waals surface area contributed by atoms with E-state index < -0.39 is 0 Å². The third-order valence-corrected chi connectivity index (χ3v) is 4.14. The fraction of sp³-hybridized carbons (Fsp3) is 0.188. The highest BCUT2D eigenvalue weighted by atomic mass is 79.9. The molecule has 0 amide bonds. The molecular formula is C16H15BrO. The molecule has 2 unspecified atom stereocenters. The Morgan fingerprint density at radius 3 is 2.11 bits per heavy atom. The summed E-state index contributed by atoms with van der Waals surface area (Å²) in [5.74, 6) is -0.159. The Bertz CT molecular complexity index is 504. The first-order valence-electron chi connectivity index (χ1n) is 5.93. The molecule has 2 aromatic rings. The molecule has 0 radical (unpaired) electrons. The molecule has 0 heterocycles. The van der Waals surface area contributed by atoms with Crippen molar-refractivity contribution in [3.63, 3.8) is 0 Å². The summed E-state index contributed by atoms with van der Waals surface area (Å²) in [6.45, 7) is 2.04. The average Bonchev–Trinajstić information content (AvgIpc) is 2.42. The topological polar surface area (TPSA) is 17.1 Å². The fourth-order valence-electron chi connectivity index (χ4n) is 1.95. The van der Waals surface area contributed by atoms with E-state index in [1.54, 1.807) is 0 Å². The van der Waals surface area contributed by atoms with Crippen LogP contribution in [0.15, 0.2) is 54.6 Å². The van der Waals surface area contributed by atoms with Gasteiger partial charge in [-0.05, 0) is 18.1 Å². The Kier molecular flexibility index (Phi) is 4.32. The zero-order valence-corrected chi connectivity index (χ0v) is 11.8. The Morgan fingerprint density at radius 1 is 0.944 bits per heavy atom. The van der Waals surface area contributed by atoms with E-state index in [2.05, 4.69) is 15.9 Å². The van der Waals surface area contributed by atoms with Gasteiger partial charge in [0.1, 0.15) is 6.29 Å². The summed E-state index contributed by atoms with van der Waals surface area (Å²) in [4.78, 5) is 11.4. The maximum absolute atomic E-state index is 11.4. The molecule has 0 spiro atoms. The number of hydrogen-bond donors (Lipinski definition) is 0. The first kappa shape index (κ1) is 13.0. The summed E-state index contributed by atoms with van der Waals surface area (Å²) >= 11 is 3.64. The average molecular weight is 303 g/mol. The van der Waals surface area contributed by atoms with Gasteiger partial charge in [0.15, 0.2) is 0 Å². The predicted molar refractivity (Wildman–Crippen MR) is 78.1 cm³/mol. The molecule has 0 saturated heterocycles. The van der Waals surface area contributed by atoms with Crippen LogP contribution in [-0.4, -0.2) is 6.29 Å². The van der Waals surface area contributed by atoms with E-state index in [4.69, 9.17) is 0 Å². The van der Waals surface area contributed by atoms with Gasteiger partial charge in [0.05, 0.1) is 10.7 Å². The smallest absolute Gasteiger partial charge is 0.128 e. The van der Waals surface area contributed by atoms with Crippen molar-refractivity contribution in [1.82, 2.24) is 0 Å². The molecule has 2 heteroatoms. The molecule has 2 atom stereocenters. The van der Waals surface area contributed by atoms with Crippen molar-refractivity contribution >= 4 is 22.2 Å². The minimum atomic E-state index is -0.159. The molecule has 0 aliphatic rings. The van der Waals surface area contributed by atoms with Crippen LogP contribution in [0.5, 0.6) is 0 Å². The minimum absolute atomic E-state index is 0.0129. The van der Waals surface area contributed by atoms with Crippen molar-refractivity contribution in [2.24, 2.45) is 0 Å². The van der Waals surface area contributed by atoms with Gasteiger partial charge >= 0.3 is 0 Å². The Morgan fingerprint density at radius 2 is 1.56 bits per heavy atom. The molecule has 0 saturated carbocycles. The lowest BCUT2D eigenvalue weighted by Crippen LogP contribution is -2.07. The fourth-order valence-corrected chi connectivity index (χ4v) is 2.68. The van der Waals surface area contributed by atoms with Crippen LogP contribution in [-0.2, 0) is 4.79 Å². The van der Waals surface area contributed by atoms with Crippen LogP contribution in [0, 0.1) is 6.92 Å². The van der Waals surface area contributed by atoms with Crippen molar-refractivity contribution < 1.29 is 4.79 Å². The van der Waals surface area contributed by atoms with E-state index in [0.29, 0.717) is 0 Å². The van der Waals surface area contributed by atoms with Crippen molar-refractivity contribution in [2.75, 3.05) is 0 Å². The number of halogens is 1. The molecular weight excluding hydrogens is 288 g/mol. The first-order chi connectivity index (χ1) is 8.72.